The second-order valence-electron chi connectivity index (χ2n) is 4.77. The number of aromatic amines is 1. The van der Waals surface area contributed by atoms with Crippen molar-refractivity contribution in [3.05, 3.63) is 21.9 Å². The summed E-state index contributed by atoms with van der Waals surface area (Å²) in [4.78, 5) is 29.7. The number of rotatable bonds is 7. The van der Waals surface area contributed by atoms with Crippen LogP contribution in [0, 0.1) is 0 Å². The summed E-state index contributed by atoms with van der Waals surface area (Å²) in [5.74, 6) is -1.58. The molecule has 21 heavy (non-hydrogen) atoms. The molecule has 8 nitrogen and oxygen atoms in total. The molecular weight excluding hydrogens is 280 g/mol. The second kappa shape index (κ2) is 7.19. The van der Waals surface area contributed by atoms with Crippen LogP contribution < -0.4 is 5.56 Å². The van der Waals surface area contributed by atoms with Crippen LogP contribution in [0.25, 0.3) is 0 Å². The van der Waals surface area contributed by atoms with E-state index in [1.807, 2.05) is 0 Å². The van der Waals surface area contributed by atoms with Gasteiger partial charge in [-0.2, -0.15) is 0 Å². The van der Waals surface area contributed by atoms with Crippen molar-refractivity contribution in [3.63, 3.8) is 0 Å². The van der Waals surface area contributed by atoms with Gasteiger partial charge >= 0.3 is 5.97 Å². The summed E-state index contributed by atoms with van der Waals surface area (Å²) < 4.78 is 10.3. The van der Waals surface area contributed by atoms with Gasteiger partial charge in [0.05, 0.1) is 13.2 Å². The molecule has 0 atom stereocenters. The molecule has 1 aromatic heterocycles. The van der Waals surface area contributed by atoms with Gasteiger partial charge in [0.1, 0.15) is 11.4 Å². The molecule has 3 N–H and O–H groups in total. The maximum absolute atomic E-state index is 11.7. The van der Waals surface area contributed by atoms with E-state index >= 15 is 0 Å². The topological polar surface area (TPSA) is 122 Å². The third-order valence-corrected chi connectivity index (χ3v) is 2.70. The summed E-state index contributed by atoms with van der Waals surface area (Å²) in [6.45, 7) is 5.22. The van der Waals surface area contributed by atoms with Crippen molar-refractivity contribution in [2.45, 2.75) is 32.8 Å². The number of ether oxygens (including phenoxy) is 2. The van der Waals surface area contributed by atoms with E-state index in [-0.39, 0.29) is 25.6 Å². The zero-order valence-electron chi connectivity index (χ0n) is 12.3. The molecule has 8 heteroatoms. The summed E-state index contributed by atoms with van der Waals surface area (Å²) in [5, 5.41) is 18.4. The van der Waals surface area contributed by atoms with Crippen molar-refractivity contribution in [3.8, 4) is 5.75 Å². The highest BCUT2D eigenvalue weighted by Gasteiger charge is 2.28. The van der Waals surface area contributed by atoms with Gasteiger partial charge in [-0.3, -0.25) is 4.79 Å². The Balaban J connectivity index is 3.14. The van der Waals surface area contributed by atoms with Crippen molar-refractivity contribution in [1.29, 1.82) is 0 Å². The lowest BCUT2D eigenvalue weighted by Gasteiger charge is -2.24. The fraction of sp³-hybridized carbons (Fsp3) is 0.615. The molecule has 0 saturated heterocycles. The Kier molecular flexibility index (Phi) is 5.86. The number of hydrogen-bond acceptors (Lipinski definition) is 7. The molecule has 0 fully saturated rings. The molecule has 0 amide bonds. The standard InChI is InChI=1S/C13H20N2O6/c1-4-20-11(19)8-9(17)10(18)15-12(14-8)13(2,3)21-7-5-6-16/h16-17H,4-7H2,1-3H3,(H,14,15,18). The summed E-state index contributed by atoms with van der Waals surface area (Å²) in [5.41, 5.74) is -2.29. The maximum atomic E-state index is 11.7. The molecule has 0 unspecified atom stereocenters. The lowest BCUT2D eigenvalue weighted by Crippen LogP contribution is -2.30. The molecule has 1 aromatic rings. The normalized spacial score (nSPS) is 11.4. The van der Waals surface area contributed by atoms with Gasteiger partial charge in [0.15, 0.2) is 5.69 Å². The Bertz CT molecular complexity index is 552. The quantitative estimate of drug-likeness (QED) is 0.488. The number of carbonyl (C=O) groups is 1. The molecule has 0 aliphatic carbocycles. The summed E-state index contributed by atoms with van der Waals surface area (Å²) in [7, 11) is 0. The second-order valence-corrected chi connectivity index (χ2v) is 4.77. The average Bonchev–Trinajstić information content (AvgIpc) is 2.41. The third-order valence-electron chi connectivity index (χ3n) is 2.70. The third kappa shape index (κ3) is 4.27. The first-order chi connectivity index (χ1) is 9.83. The number of carbonyl (C=O) groups excluding carboxylic acids is 1. The maximum Gasteiger partial charge on any atom is 0.361 e. The average molecular weight is 300 g/mol. The molecule has 0 bridgehead atoms. The van der Waals surface area contributed by atoms with Crippen molar-refractivity contribution in [1.82, 2.24) is 9.97 Å². The van der Waals surface area contributed by atoms with Crippen LogP contribution in [0.3, 0.4) is 0 Å². The van der Waals surface area contributed by atoms with Gasteiger partial charge in [-0.25, -0.2) is 9.78 Å². The number of hydrogen-bond donors (Lipinski definition) is 3. The van der Waals surface area contributed by atoms with E-state index in [4.69, 9.17) is 14.6 Å². The van der Waals surface area contributed by atoms with Crippen molar-refractivity contribution in [2.24, 2.45) is 0 Å². The van der Waals surface area contributed by atoms with Crippen LogP contribution in [0.2, 0.25) is 0 Å². The van der Waals surface area contributed by atoms with Crippen LogP contribution in [0.4, 0.5) is 0 Å². The Morgan fingerprint density at radius 3 is 2.67 bits per heavy atom. The van der Waals surface area contributed by atoms with Gasteiger partial charge in [0, 0.05) is 6.61 Å². The highest BCUT2D eigenvalue weighted by Crippen LogP contribution is 2.22. The van der Waals surface area contributed by atoms with Crippen LogP contribution in [0.15, 0.2) is 4.79 Å². The first kappa shape index (κ1) is 17.1. The van der Waals surface area contributed by atoms with Crippen molar-refractivity contribution >= 4 is 5.97 Å². The SMILES string of the molecule is CCOC(=O)c1nc(C(C)(C)OCCCO)[nH]c(=O)c1O. The van der Waals surface area contributed by atoms with E-state index in [1.165, 1.54) is 0 Å². The number of esters is 1. The minimum atomic E-state index is -0.997. The molecule has 0 aliphatic heterocycles. The molecule has 1 heterocycles. The lowest BCUT2D eigenvalue weighted by atomic mass is 10.1. The Morgan fingerprint density at radius 1 is 1.43 bits per heavy atom. The summed E-state index contributed by atoms with van der Waals surface area (Å²) in [6, 6.07) is 0. The molecular formula is C13H20N2O6. The molecule has 0 aliphatic rings. The van der Waals surface area contributed by atoms with E-state index in [1.54, 1.807) is 20.8 Å². The van der Waals surface area contributed by atoms with Crippen LogP contribution in [0.5, 0.6) is 5.75 Å². The minimum Gasteiger partial charge on any atom is -0.501 e. The number of nitrogens with one attached hydrogen (secondary N) is 1. The smallest absolute Gasteiger partial charge is 0.361 e. The minimum absolute atomic E-state index is 0.0241. The van der Waals surface area contributed by atoms with Gasteiger partial charge in [-0.1, -0.05) is 0 Å². The van der Waals surface area contributed by atoms with E-state index in [0.29, 0.717) is 6.42 Å². The number of aromatic nitrogens is 2. The highest BCUT2D eigenvalue weighted by atomic mass is 16.5. The fourth-order valence-corrected chi connectivity index (χ4v) is 1.55. The molecule has 0 radical (unpaired) electrons. The molecule has 0 saturated carbocycles. The largest absolute Gasteiger partial charge is 0.501 e. The fourth-order valence-electron chi connectivity index (χ4n) is 1.55. The predicted molar refractivity (Wildman–Crippen MR) is 73.2 cm³/mol. The van der Waals surface area contributed by atoms with Crippen LogP contribution in [0.1, 0.15) is 43.5 Å². The van der Waals surface area contributed by atoms with Crippen LogP contribution in [-0.4, -0.2) is 46.0 Å². The number of nitrogens with zero attached hydrogens (tertiary/aromatic N) is 1. The number of aromatic hydroxyl groups is 1. The monoisotopic (exact) mass is 300 g/mol. The predicted octanol–water partition coefficient (Wildman–Crippen LogP) is 0.286. The first-order valence-corrected chi connectivity index (χ1v) is 6.59. The van der Waals surface area contributed by atoms with Crippen LogP contribution in [-0.2, 0) is 15.1 Å². The molecule has 1 rings (SSSR count). The van der Waals surface area contributed by atoms with Crippen molar-refractivity contribution < 1.29 is 24.5 Å². The van der Waals surface area contributed by atoms with Gasteiger partial charge in [-0.15, -0.1) is 0 Å². The number of aliphatic hydroxyl groups excluding tert-OH is 1. The Morgan fingerprint density at radius 2 is 2.10 bits per heavy atom. The molecule has 0 aromatic carbocycles. The number of aliphatic hydroxyl groups is 1. The summed E-state index contributed by atoms with van der Waals surface area (Å²) in [6.07, 6.45) is 0.427. The van der Waals surface area contributed by atoms with Crippen molar-refractivity contribution in [2.75, 3.05) is 19.8 Å². The van der Waals surface area contributed by atoms with Gasteiger partial charge in [0.2, 0.25) is 5.75 Å². The van der Waals surface area contributed by atoms with Crippen LogP contribution >= 0.6 is 0 Å². The summed E-state index contributed by atoms with van der Waals surface area (Å²) >= 11 is 0. The van der Waals surface area contributed by atoms with E-state index < -0.39 is 28.6 Å². The zero-order chi connectivity index (χ0) is 16.0. The van der Waals surface area contributed by atoms with E-state index in [9.17, 15) is 14.7 Å². The lowest BCUT2D eigenvalue weighted by molar-refractivity contribution is -0.0334. The van der Waals surface area contributed by atoms with Gasteiger partial charge in [-0.05, 0) is 27.2 Å². The zero-order valence-corrected chi connectivity index (χ0v) is 12.3. The van der Waals surface area contributed by atoms with E-state index in [2.05, 4.69) is 9.97 Å². The Hall–Kier alpha value is -1.93. The first-order valence-electron chi connectivity index (χ1n) is 6.59. The molecule has 118 valence electrons. The van der Waals surface area contributed by atoms with E-state index in [0.717, 1.165) is 0 Å². The van der Waals surface area contributed by atoms with Gasteiger partial charge in [0.25, 0.3) is 5.56 Å². The highest BCUT2D eigenvalue weighted by molar-refractivity contribution is 5.89. The van der Waals surface area contributed by atoms with Gasteiger partial charge < -0.3 is 24.7 Å². The number of H-pyrrole nitrogens is 1. The molecule has 0 spiro atoms. The Labute approximate surface area is 121 Å².